The summed E-state index contributed by atoms with van der Waals surface area (Å²) in [4.78, 5) is 0. The fourth-order valence-corrected chi connectivity index (χ4v) is 3.39. The molecule has 1 aromatic rings. The molecule has 3 heteroatoms. The Hall–Kier alpha value is -1.12. The first-order valence-electron chi connectivity index (χ1n) is 8.23. The van der Waals surface area contributed by atoms with Crippen LogP contribution in [0.25, 0.3) is 0 Å². The van der Waals surface area contributed by atoms with Crippen LogP contribution in [-0.4, -0.2) is 6.61 Å². The fraction of sp³-hybridized carbons (Fsp3) is 0.667. The monoisotopic (exact) mass is 296 g/mol. The first-order chi connectivity index (χ1) is 10.2. The van der Waals surface area contributed by atoms with Gasteiger partial charge in [0.2, 0.25) is 0 Å². The second-order valence-corrected chi connectivity index (χ2v) is 6.16. The molecule has 0 aromatic heterocycles. The summed E-state index contributed by atoms with van der Waals surface area (Å²) in [6.07, 6.45) is 10.5. The molecule has 1 saturated carbocycles. The second kappa shape index (κ2) is 8.35. The number of hydrogen-bond donors (Lipinski definition) is 0. The summed E-state index contributed by atoms with van der Waals surface area (Å²) >= 11 is 0. The molecule has 0 radical (unpaired) electrons. The van der Waals surface area contributed by atoms with Gasteiger partial charge in [-0.15, -0.1) is 0 Å². The van der Waals surface area contributed by atoms with Gasteiger partial charge in [0.15, 0.2) is 0 Å². The van der Waals surface area contributed by atoms with Crippen LogP contribution in [0.2, 0.25) is 0 Å². The van der Waals surface area contributed by atoms with Crippen molar-refractivity contribution in [3.05, 3.63) is 29.8 Å². The summed E-state index contributed by atoms with van der Waals surface area (Å²) in [6.45, 7) is -0.493. The number of hydrogen-bond acceptors (Lipinski definition) is 1. The molecule has 0 spiro atoms. The van der Waals surface area contributed by atoms with E-state index < -0.39 is 6.61 Å². The van der Waals surface area contributed by atoms with Gasteiger partial charge >= 0.3 is 6.61 Å². The number of unbranched alkanes of at least 4 members (excludes halogenated alkanes) is 2. The maximum atomic E-state index is 12.1. The number of ether oxygens (including phenoxy) is 1. The maximum absolute atomic E-state index is 12.1. The third kappa shape index (κ3) is 5.29. The molecule has 0 amide bonds. The summed E-state index contributed by atoms with van der Waals surface area (Å²) < 4.78 is 28.6. The zero-order valence-electron chi connectivity index (χ0n) is 12.9. The van der Waals surface area contributed by atoms with E-state index in [2.05, 4.69) is 11.7 Å². The van der Waals surface area contributed by atoms with Crippen LogP contribution < -0.4 is 4.74 Å². The zero-order valence-corrected chi connectivity index (χ0v) is 12.9. The van der Waals surface area contributed by atoms with Crippen molar-refractivity contribution >= 4 is 0 Å². The largest absolute Gasteiger partial charge is 0.435 e. The Balaban J connectivity index is 1.79. The highest BCUT2D eigenvalue weighted by Gasteiger charge is 2.22. The van der Waals surface area contributed by atoms with Gasteiger partial charge in [0.25, 0.3) is 0 Å². The maximum Gasteiger partial charge on any atom is 0.387 e. The lowest BCUT2D eigenvalue weighted by Gasteiger charge is -2.29. The highest BCUT2D eigenvalue weighted by molar-refractivity contribution is 5.29. The first kappa shape index (κ1) is 16.3. The normalized spacial score (nSPS) is 22.5. The van der Waals surface area contributed by atoms with Crippen LogP contribution in [0.15, 0.2) is 24.3 Å². The van der Waals surface area contributed by atoms with Crippen LogP contribution in [0.1, 0.15) is 69.8 Å². The third-order valence-electron chi connectivity index (χ3n) is 4.64. The molecule has 2 rings (SSSR count). The number of rotatable bonds is 7. The van der Waals surface area contributed by atoms with Crippen molar-refractivity contribution in [2.24, 2.45) is 5.92 Å². The molecular formula is C18H26F2O. The van der Waals surface area contributed by atoms with E-state index in [0.29, 0.717) is 5.92 Å². The molecule has 21 heavy (non-hydrogen) atoms. The Kier molecular flexibility index (Phi) is 6.47. The lowest BCUT2D eigenvalue weighted by Crippen LogP contribution is -2.13. The average Bonchev–Trinajstić information content (AvgIpc) is 2.49. The minimum absolute atomic E-state index is 0.252. The van der Waals surface area contributed by atoms with Crippen LogP contribution in [0.5, 0.6) is 5.75 Å². The van der Waals surface area contributed by atoms with Crippen molar-refractivity contribution in [2.45, 2.75) is 70.8 Å². The summed E-state index contributed by atoms with van der Waals surface area (Å²) in [5.74, 6) is 1.74. The molecule has 1 aliphatic rings. The van der Waals surface area contributed by atoms with Crippen molar-refractivity contribution in [3.8, 4) is 5.75 Å². The van der Waals surface area contributed by atoms with Crippen LogP contribution in [0.4, 0.5) is 8.78 Å². The van der Waals surface area contributed by atoms with Gasteiger partial charge < -0.3 is 4.74 Å². The van der Waals surface area contributed by atoms with Gasteiger partial charge in [0.05, 0.1) is 0 Å². The molecule has 1 aliphatic carbocycles. The van der Waals surface area contributed by atoms with Crippen LogP contribution in [0, 0.1) is 5.92 Å². The molecule has 118 valence electrons. The third-order valence-corrected chi connectivity index (χ3v) is 4.64. The second-order valence-electron chi connectivity index (χ2n) is 6.16. The molecule has 0 atom stereocenters. The van der Waals surface area contributed by atoms with Gasteiger partial charge in [0.1, 0.15) is 5.75 Å². The molecule has 1 fully saturated rings. The molecule has 0 heterocycles. The SMILES string of the molecule is CCCCCC1CCC(c2ccc(OC(F)F)cc2)CC1. The van der Waals surface area contributed by atoms with Crippen LogP contribution in [-0.2, 0) is 0 Å². The molecule has 0 saturated heterocycles. The van der Waals surface area contributed by atoms with Gasteiger partial charge in [-0.1, -0.05) is 44.7 Å². The van der Waals surface area contributed by atoms with Crippen molar-refractivity contribution in [1.82, 2.24) is 0 Å². The number of alkyl halides is 2. The molecule has 0 unspecified atom stereocenters. The number of benzene rings is 1. The zero-order chi connectivity index (χ0) is 15.1. The fourth-order valence-electron chi connectivity index (χ4n) is 3.39. The minimum Gasteiger partial charge on any atom is -0.435 e. The van der Waals surface area contributed by atoms with E-state index in [9.17, 15) is 8.78 Å². The molecule has 1 nitrogen and oxygen atoms in total. The standard InChI is InChI=1S/C18H26F2O/c1-2-3-4-5-14-6-8-15(9-7-14)16-10-12-17(13-11-16)21-18(19)20/h10-15,18H,2-9H2,1H3. The predicted octanol–water partition coefficient (Wildman–Crippen LogP) is 6.14. The topological polar surface area (TPSA) is 9.23 Å². The Morgan fingerprint density at radius 2 is 1.71 bits per heavy atom. The van der Waals surface area contributed by atoms with E-state index >= 15 is 0 Å². The highest BCUT2D eigenvalue weighted by atomic mass is 19.3. The Bertz CT molecular complexity index is 394. The summed E-state index contributed by atoms with van der Waals surface area (Å²) in [5.41, 5.74) is 1.27. The van der Waals surface area contributed by atoms with E-state index in [-0.39, 0.29) is 5.75 Å². The van der Waals surface area contributed by atoms with Crippen molar-refractivity contribution in [3.63, 3.8) is 0 Å². The Morgan fingerprint density at radius 1 is 1.05 bits per heavy atom. The summed E-state index contributed by atoms with van der Waals surface area (Å²) in [5, 5.41) is 0. The van der Waals surface area contributed by atoms with Gasteiger partial charge in [-0.3, -0.25) is 0 Å². The quantitative estimate of drug-likeness (QED) is 0.549. The van der Waals surface area contributed by atoms with E-state index in [4.69, 9.17) is 0 Å². The summed E-state index contributed by atoms with van der Waals surface area (Å²) in [7, 11) is 0. The predicted molar refractivity (Wildman–Crippen MR) is 81.9 cm³/mol. The highest BCUT2D eigenvalue weighted by Crippen LogP contribution is 2.38. The van der Waals surface area contributed by atoms with Crippen LogP contribution >= 0.6 is 0 Å². The molecular weight excluding hydrogens is 270 g/mol. The smallest absolute Gasteiger partial charge is 0.387 e. The Morgan fingerprint density at radius 3 is 2.29 bits per heavy atom. The van der Waals surface area contributed by atoms with Crippen molar-refractivity contribution in [1.29, 1.82) is 0 Å². The van der Waals surface area contributed by atoms with Gasteiger partial charge in [-0.05, 0) is 55.2 Å². The molecule has 0 aliphatic heterocycles. The Labute approximate surface area is 126 Å². The lowest BCUT2D eigenvalue weighted by molar-refractivity contribution is -0.0498. The van der Waals surface area contributed by atoms with E-state index in [1.807, 2.05) is 12.1 Å². The first-order valence-corrected chi connectivity index (χ1v) is 8.23. The molecule has 0 bridgehead atoms. The average molecular weight is 296 g/mol. The minimum atomic E-state index is -2.74. The van der Waals surface area contributed by atoms with E-state index in [1.54, 1.807) is 12.1 Å². The van der Waals surface area contributed by atoms with Crippen molar-refractivity contribution in [2.75, 3.05) is 0 Å². The van der Waals surface area contributed by atoms with E-state index in [1.165, 1.54) is 56.9 Å². The van der Waals surface area contributed by atoms with Crippen molar-refractivity contribution < 1.29 is 13.5 Å². The van der Waals surface area contributed by atoms with Gasteiger partial charge in [-0.25, -0.2) is 0 Å². The van der Waals surface area contributed by atoms with E-state index in [0.717, 1.165) is 5.92 Å². The molecule has 0 N–H and O–H groups in total. The summed E-state index contributed by atoms with van der Waals surface area (Å²) in [6, 6.07) is 7.21. The molecule has 1 aromatic carbocycles. The number of halogens is 2. The van der Waals surface area contributed by atoms with Gasteiger partial charge in [0, 0.05) is 0 Å². The lowest BCUT2D eigenvalue weighted by atomic mass is 9.77. The van der Waals surface area contributed by atoms with Crippen LogP contribution in [0.3, 0.4) is 0 Å². The van der Waals surface area contributed by atoms with Gasteiger partial charge in [-0.2, -0.15) is 8.78 Å².